The molecule has 3 nitrogen and oxygen atoms in total. The van der Waals surface area contributed by atoms with Gasteiger partial charge in [-0.25, -0.2) is 4.98 Å². The molecule has 1 fully saturated rings. The van der Waals surface area contributed by atoms with Crippen LogP contribution in [0.25, 0.3) is 0 Å². The van der Waals surface area contributed by atoms with Crippen molar-refractivity contribution >= 4 is 11.3 Å². The molecule has 0 amide bonds. The summed E-state index contributed by atoms with van der Waals surface area (Å²) in [5.74, 6) is 0. The van der Waals surface area contributed by atoms with Gasteiger partial charge in [-0.3, -0.25) is 4.90 Å². The summed E-state index contributed by atoms with van der Waals surface area (Å²) >= 11 is 1.74. The van der Waals surface area contributed by atoms with Gasteiger partial charge in [0.05, 0.1) is 6.54 Å². The Morgan fingerprint density at radius 1 is 1.77 bits per heavy atom. The summed E-state index contributed by atoms with van der Waals surface area (Å²) < 4.78 is 0. The Morgan fingerprint density at radius 2 is 2.62 bits per heavy atom. The largest absolute Gasteiger partial charge is 0.326 e. The van der Waals surface area contributed by atoms with Crippen molar-refractivity contribution in [1.82, 2.24) is 9.88 Å². The fourth-order valence-electron chi connectivity index (χ4n) is 1.67. The Bertz CT molecular complexity index is 284. The van der Waals surface area contributed by atoms with Crippen molar-refractivity contribution in [2.24, 2.45) is 5.73 Å². The Kier molecular flexibility index (Phi) is 2.62. The minimum atomic E-state index is 0.376. The maximum atomic E-state index is 5.83. The summed E-state index contributed by atoms with van der Waals surface area (Å²) in [6, 6.07) is 0.376. The molecular formula is C9H15N3S. The Hall–Kier alpha value is -0.450. The molecule has 0 spiro atoms. The molecule has 1 aromatic heterocycles. The van der Waals surface area contributed by atoms with E-state index in [0.29, 0.717) is 6.04 Å². The van der Waals surface area contributed by atoms with E-state index >= 15 is 0 Å². The summed E-state index contributed by atoms with van der Waals surface area (Å²) in [5.41, 5.74) is 6.95. The topological polar surface area (TPSA) is 42.1 Å². The second-order valence-corrected chi connectivity index (χ2v) is 4.61. The van der Waals surface area contributed by atoms with Crippen LogP contribution in [-0.2, 0) is 6.54 Å². The van der Waals surface area contributed by atoms with E-state index in [0.717, 1.165) is 31.7 Å². The van der Waals surface area contributed by atoms with Crippen molar-refractivity contribution in [2.75, 3.05) is 13.1 Å². The van der Waals surface area contributed by atoms with Crippen LogP contribution in [0.1, 0.15) is 17.1 Å². The van der Waals surface area contributed by atoms with Crippen LogP contribution in [0.3, 0.4) is 0 Å². The zero-order chi connectivity index (χ0) is 9.26. The van der Waals surface area contributed by atoms with E-state index < -0.39 is 0 Å². The first kappa shape index (κ1) is 9.12. The molecule has 1 aliphatic rings. The van der Waals surface area contributed by atoms with Crippen molar-refractivity contribution < 1.29 is 0 Å². The summed E-state index contributed by atoms with van der Waals surface area (Å²) in [6.07, 6.45) is 1.13. The zero-order valence-corrected chi connectivity index (χ0v) is 8.68. The molecule has 0 unspecified atom stereocenters. The molecule has 0 aromatic carbocycles. The molecule has 13 heavy (non-hydrogen) atoms. The molecule has 1 atom stereocenters. The van der Waals surface area contributed by atoms with Crippen LogP contribution in [0, 0.1) is 6.92 Å². The van der Waals surface area contributed by atoms with Crippen molar-refractivity contribution in [3.63, 3.8) is 0 Å². The van der Waals surface area contributed by atoms with Crippen molar-refractivity contribution in [2.45, 2.75) is 25.9 Å². The minimum absolute atomic E-state index is 0.376. The van der Waals surface area contributed by atoms with Crippen molar-refractivity contribution in [3.8, 4) is 0 Å². The molecule has 2 rings (SSSR count). The van der Waals surface area contributed by atoms with Gasteiger partial charge in [0, 0.05) is 30.2 Å². The lowest BCUT2D eigenvalue weighted by Gasteiger charge is -2.12. The first-order valence-electron chi connectivity index (χ1n) is 4.63. The lowest BCUT2D eigenvalue weighted by molar-refractivity contribution is 0.326. The molecule has 0 saturated carbocycles. The molecule has 1 aromatic rings. The monoisotopic (exact) mass is 197 g/mol. The third kappa shape index (κ3) is 2.27. The van der Waals surface area contributed by atoms with Crippen molar-refractivity contribution in [3.05, 3.63) is 16.1 Å². The van der Waals surface area contributed by atoms with Gasteiger partial charge in [0.25, 0.3) is 0 Å². The highest BCUT2D eigenvalue weighted by Crippen LogP contribution is 2.15. The predicted octanol–water partition coefficient (Wildman–Crippen LogP) is 0.985. The number of hydrogen-bond donors (Lipinski definition) is 1. The Labute approximate surface area is 82.6 Å². The summed E-state index contributed by atoms with van der Waals surface area (Å²) in [4.78, 5) is 6.81. The van der Waals surface area contributed by atoms with E-state index in [1.807, 2.05) is 6.92 Å². The van der Waals surface area contributed by atoms with E-state index in [1.54, 1.807) is 11.3 Å². The SMILES string of the molecule is Cc1csc(CN2CC[C@H](N)C2)n1. The molecule has 1 aliphatic heterocycles. The average molecular weight is 197 g/mol. The van der Waals surface area contributed by atoms with E-state index in [4.69, 9.17) is 5.73 Å². The number of hydrogen-bond acceptors (Lipinski definition) is 4. The smallest absolute Gasteiger partial charge is 0.107 e. The van der Waals surface area contributed by atoms with Gasteiger partial charge < -0.3 is 5.73 Å². The standard InChI is InChI=1S/C9H15N3S/c1-7-6-13-9(11-7)5-12-3-2-8(10)4-12/h6,8H,2-5,10H2,1H3/t8-/m0/s1. The maximum Gasteiger partial charge on any atom is 0.107 e. The van der Waals surface area contributed by atoms with Gasteiger partial charge in [-0.15, -0.1) is 11.3 Å². The van der Waals surface area contributed by atoms with Crippen molar-refractivity contribution in [1.29, 1.82) is 0 Å². The molecule has 2 N–H and O–H groups in total. The van der Waals surface area contributed by atoms with Crippen LogP contribution >= 0.6 is 11.3 Å². The fraction of sp³-hybridized carbons (Fsp3) is 0.667. The van der Waals surface area contributed by atoms with Gasteiger partial charge >= 0.3 is 0 Å². The van der Waals surface area contributed by atoms with Crippen LogP contribution < -0.4 is 5.73 Å². The molecule has 0 radical (unpaired) electrons. The molecule has 72 valence electrons. The predicted molar refractivity (Wildman–Crippen MR) is 54.7 cm³/mol. The van der Waals surface area contributed by atoms with E-state index in [-0.39, 0.29) is 0 Å². The quantitative estimate of drug-likeness (QED) is 0.768. The number of aromatic nitrogens is 1. The third-order valence-corrected chi connectivity index (χ3v) is 3.29. The lowest BCUT2D eigenvalue weighted by atomic mass is 10.3. The van der Waals surface area contributed by atoms with E-state index in [1.165, 1.54) is 5.01 Å². The number of likely N-dealkylation sites (tertiary alicyclic amines) is 1. The van der Waals surface area contributed by atoms with Gasteiger partial charge in [0.15, 0.2) is 0 Å². The summed E-state index contributed by atoms with van der Waals surface area (Å²) in [7, 11) is 0. The summed E-state index contributed by atoms with van der Waals surface area (Å²) in [5, 5.41) is 3.32. The second-order valence-electron chi connectivity index (χ2n) is 3.67. The van der Waals surface area contributed by atoms with Crippen LogP contribution in [0.2, 0.25) is 0 Å². The Morgan fingerprint density at radius 3 is 3.15 bits per heavy atom. The van der Waals surface area contributed by atoms with Gasteiger partial charge in [-0.05, 0) is 13.3 Å². The third-order valence-electron chi connectivity index (χ3n) is 2.33. The van der Waals surface area contributed by atoms with Gasteiger partial charge in [-0.2, -0.15) is 0 Å². The van der Waals surface area contributed by atoms with Crippen LogP contribution in [0.4, 0.5) is 0 Å². The van der Waals surface area contributed by atoms with Crippen LogP contribution in [0.5, 0.6) is 0 Å². The molecule has 1 saturated heterocycles. The highest BCUT2D eigenvalue weighted by molar-refractivity contribution is 7.09. The van der Waals surface area contributed by atoms with Gasteiger partial charge in [0.2, 0.25) is 0 Å². The highest BCUT2D eigenvalue weighted by Gasteiger charge is 2.19. The zero-order valence-electron chi connectivity index (χ0n) is 7.86. The molecule has 4 heteroatoms. The Balaban J connectivity index is 1.91. The summed E-state index contributed by atoms with van der Waals surface area (Å²) in [6.45, 7) is 5.17. The number of aryl methyl sites for hydroxylation is 1. The molecular weight excluding hydrogens is 182 g/mol. The first-order chi connectivity index (χ1) is 6.24. The molecule has 0 aliphatic carbocycles. The normalized spacial score (nSPS) is 24.0. The number of rotatable bonds is 2. The fourth-order valence-corrected chi connectivity index (χ4v) is 2.49. The van der Waals surface area contributed by atoms with Crippen LogP contribution in [0.15, 0.2) is 5.38 Å². The van der Waals surface area contributed by atoms with E-state index in [2.05, 4.69) is 15.3 Å². The molecule has 0 bridgehead atoms. The number of nitrogens with two attached hydrogens (primary N) is 1. The molecule has 2 heterocycles. The van der Waals surface area contributed by atoms with E-state index in [9.17, 15) is 0 Å². The number of nitrogens with zero attached hydrogens (tertiary/aromatic N) is 2. The second kappa shape index (κ2) is 3.74. The average Bonchev–Trinajstić information content (AvgIpc) is 2.62. The minimum Gasteiger partial charge on any atom is -0.326 e. The maximum absolute atomic E-state index is 5.83. The van der Waals surface area contributed by atoms with Crippen LogP contribution in [-0.4, -0.2) is 29.0 Å². The highest BCUT2D eigenvalue weighted by atomic mass is 32.1. The van der Waals surface area contributed by atoms with Gasteiger partial charge in [-0.1, -0.05) is 0 Å². The van der Waals surface area contributed by atoms with Gasteiger partial charge in [0.1, 0.15) is 5.01 Å². The lowest BCUT2D eigenvalue weighted by Crippen LogP contribution is -2.26. The number of thiazole rings is 1. The first-order valence-corrected chi connectivity index (χ1v) is 5.51.